The number of nitrogens with zero attached hydrogens (tertiary/aromatic N) is 1. The fraction of sp³-hybridized carbons (Fsp3) is 0.278. The third-order valence-electron chi connectivity index (χ3n) is 4.03. The smallest absolute Gasteiger partial charge is 0.193 e. The fourth-order valence-corrected chi connectivity index (χ4v) is 2.98. The molecule has 3 N–H and O–H groups in total. The Bertz CT molecular complexity index is 627. The highest BCUT2D eigenvalue weighted by atomic mass is 127. The minimum atomic E-state index is 0. The van der Waals surface area contributed by atoms with Crippen LogP contribution in [0.15, 0.2) is 59.6 Å². The van der Waals surface area contributed by atoms with E-state index < -0.39 is 0 Å². The number of nitrogens with two attached hydrogens (primary N) is 1. The summed E-state index contributed by atoms with van der Waals surface area (Å²) in [6, 6.07) is 18.6. The number of nitrogens with one attached hydrogen (secondary N) is 1. The zero-order chi connectivity index (χ0) is 14.7. The van der Waals surface area contributed by atoms with Crippen molar-refractivity contribution in [3.63, 3.8) is 0 Å². The molecule has 2 aromatic rings. The molecule has 0 aromatic heterocycles. The summed E-state index contributed by atoms with van der Waals surface area (Å²) in [6.45, 7) is 3.03. The van der Waals surface area contributed by atoms with Gasteiger partial charge in [-0.05, 0) is 41.5 Å². The lowest BCUT2D eigenvalue weighted by molar-refractivity contribution is 0.360. The van der Waals surface area contributed by atoms with E-state index in [-0.39, 0.29) is 29.4 Å². The second kappa shape index (κ2) is 7.13. The first-order chi connectivity index (χ1) is 10.1. The summed E-state index contributed by atoms with van der Waals surface area (Å²) in [5, 5.41) is 3.13. The molecule has 0 spiro atoms. The molecule has 1 aliphatic carbocycles. The van der Waals surface area contributed by atoms with Crippen molar-refractivity contribution in [1.29, 1.82) is 0 Å². The molecule has 0 atom stereocenters. The average Bonchev–Trinajstić information content (AvgIpc) is 2.83. The van der Waals surface area contributed by atoms with Crippen molar-refractivity contribution in [2.75, 3.05) is 11.9 Å². The van der Waals surface area contributed by atoms with Crippen molar-refractivity contribution in [1.82, 2.24) is 0 Å². The van der Waals surface area contributed by atoms with Gasteiger partial charge in [0.25, 0.3) is 0 Å². The van der Waals surface area contributed by atoms with Gasteiger partial charge >= 0.3 is 0 Å². The molecule has 0 saturated carbocycles. The van der Waals surface area contributed by atoms with Gasteiger partial charge in [0.15, 0.2) is 5.96 Å². The first kappa shape index (κ1) is 16.8. The van der Waals surface area contributed by atoms with E-state index in [4.69, 9.17) is 5.73 Å². The van der Waals surface area contributed by atoms with Crippen LogP contribution in [-0.2, 0) is 12.8 Å². The Morgan fingerprint density at radius 2 is 1.59 bits per heavy atom. The molecular formula is C18H22IN3. The number of benzene rings is 2. The summed E-state index contributed by atoms with van der Waals surface area (Å²) in [6.07, 6.45) is 2.15. The van der Waals surface area contributed by atoms with Crippen molar-refractivity contribution in [3.05, 3.63) is 65.7 Å². The van der Waals surface area contributed by atoms with Gasteiger partial charge in [0.1, 0.15) is 0 Å². The molecule has 0 amide bonds. The van der Waals surface area contributed by atoms with Crippen molar-refractivity contribution in [3.8, 4) is 0 Å². The summed E-state index contributed by atoms with van der Waals surface area (Å²) in [7, 11) is 0. The fourth-order valence-electron chi connectivity index (χ4n) is 2.98. The van der Waals surface area contributed by atoms with Crippen LogP contribution in [0, 0.1) is 5.41 Å². The lowest BCUT2D eigenvalue weighted by Crippen LogP contribution is -2.27. The van der Waals surface area contributed by atoms with Crippen molar-refractivity contribution >= 4 is 35.6 Å². The monoisotopic (exact) mass is 407 g/mol. The Balaban J connectivity index is 0.00000176. The second-order valence-electron chi connectivity index (χ2n) is 6.13. The second-order valence-corrected chi connectivity index (χ2v) is 6.13. The van der Waals surface area contributed by atoms with E-state index in [0.29, 0.717) is 5.96 Å². The van der Waals surface area contributed by atoms with Crippen LogP contribution >= 0.6 is 24.0 Å². The summed E-state index contributed by atoms with van der Waals surface area (Å²) in [5.41, 5.74) is 10.0. The van der Waals surface area contributed by atoms with Crippen LogP contribution in [-0.4, -0.2) is 12.5 Å². The third kappa shape index (κ3) is 4.00. The molecule has 22 heavy (non-hydrogen) atoms. The molecule has 116 valence electrons. The number of rotatable bonds is 3. The number of hydrogen-bond donors (Lipinski definition) is 2. The largest absolute Gasteiger partial charge is 0.370 e. The molecule has 0 heterocycles. The number of halogens is 1. The van der Waals surface area contributed by atoms with Gasteiger partial charge in [0, 0.05) is 12.2 Å². The van der Waals surface area contributed by atoms with E-state index >= 15 is 0 Å². The third-order valence-corrected chi connectivity index (χ3v) is 4.03. The van der Waals surface area contributed by atoms with Gasteiger partial charge in [0.2, 0.25) is 0 Å². The maximum absolute atomic E-state index is 5.99. The van der Waals surface area contributed by atoms with Crippen LogP contribution in [0.25, 0.3) is 0 Å². The quantitative estimate of drug-likeness (QED) is 0.462. The number of aliphatic imine (C=N–C) groups is 1. The maximum Gasteiger partial charge on any atom is 0.193 e. The van der Waals surface area contributed by atoms with Crippen LogP contribution in [0.4, 0.5) is 5.69 Å². The summed E-state index contributed by atoms with van der Waals surface area (Å²) >= 11 is 0. The number of hydrogen-bond acceptors (Lipinski definition) is 1. The lowest BCUT2D eigenvalue weighted by Gasteiger charge is -2.21. The van der Waals surface area contributed by atoms with Crippen LogP contribution in [0.2, 0.25) is 0 Å². The van der Waals surface area contributed by atoms with Crippen LogP contribution in [0.3, 0.4) is 0 Å². The highest BCUT2D eigenvalue weighted by molar-refractivity contribution is 14.0. The van der Waals surface area contributed by atoms with Gasteiger partial charge < -0.3 is 11.1 Å². The normalized spacial score (nSPS) is 15.8. The zero-order valence-electron chi connectivity index (χ0n) is 12.8. The number of fused-ring (bicyclic) bond motifs is 1. The molecule has 1 aliphatic rings. The minimum Gasteiger partial charge on any atom is -0.370 e. The molecule has 0 unspecified atom stereocenters. The summed E-state index contributed by atoms with van der Waals surface area (Å²) in [5.74, 6) is 0.485. The number of guanidine groups is 1. The predicted molar refractivity (Wildman–Crippen MR) is 104 cm³/mol. The highest BCUT2D eigenvalue weighted by Gasteiger charge is 2.32. The van der Waals surface area contributed by atoms with Gasteiger partial charge in [-0.3, -0.25) is 4.99 Å². The molecule has 0 bridgehead atoms. The molecule has 4 heteroatoms. The number of anilines is 1. The molecule has 0 aliphatic heterocycles. The van der Waals surface area contributed by atoms with E-state index in [1.807, 2.05) is 30.3 Å². The van der Waals surface area contributed by atoms with E-state index in [2.05, 4.69) is 41.5 Å². The SMILES string of the molecule is CC1(CN=C(N)Nc2ccccc2)Cc2ccccc2C1.I. The van der Waals surface area contributed by atoms with Crippen molar-refractivity contribution < 1.29 is 0 Å². The van der Waals surface area contributed by atoms with Crippen molar-refractivity contribution in [2.45, 2.75) is 19.8 Å². The molecule has 0 radical (unpaired) electrons. The Morgan fingerprint density at radius 1 is 1.05 bits per heavy atom. The van der Waals surface area contributed by atoms with Gasteiger partial charge in [-0.1, -0.05) is 49.4 Å². The van der Waals surface area contributed by atoms with E-state index in [1.54, 1.807) is 0 Å². The molecule has 0 fully saturated rings. The Morgan fingerprint density at radius 3 is 2.18 bits per heavy atom. The average molecular weight is 407 g/mol. The van der Waals surface area contributed by atoms with E-state index in [0.717, 1.165) is 25.1 Å². The van der Waals surface area contributed by atoms with Crippen molar-refractivity contribution in [2.24, 2.45) is 16.1 Å². The first-order valence-corrected chi connectivity index (χ1v) is 7.33. The molecule has 3 rings (SSSR count). The van der Waals surface area contributed by atoms with Crippen LogP contribution < -0.4 is 11.1 Å². The van der Waals surface area contributed by atoms with Gasteiger partial charge in [-0.25, -0.2) is 0 Å². The Labute approximate surface area is 149 Å². The van der Waals surface area contributed by atoms with E-state index in [1.165, 1.54) is 11.1 Å². The molecular weight excluding hydrogens is 385 g/mol. The number of para-hydroxylation sites is 1. The Kier molecular flexibility index (Phi) is 5.45. The topological polar surface area (TPSA) is 50.4 Å². The zero-order valence-corrected chi connectivity index (χ0v) is 15.1. The molecule has 0 saturated heterocycles. The highest BCUT2D eigenvalue weighted by Crippen LogP contribution is 2.36. The van der Waals surface area contributed by atoms with Gasteiger partial charge in [-0.15, -0.1) is 24.0 Å². The lowest BCUT2D eigenvalue weighted by atomic mass is 9.87. The maximum atomic E-state index is 5.99. The standard InChI is InChI=1S/C18H21N3.HI/c1-18(11-14-7-5-6-8-15(14)12-18)13-20-17(19)21-16-9-3-2-4-10-16;/h2-10H,11-13H2,1H3,(H3,19,20,21);1H. The summed E-state index contributed by atoms with van der Waals surface area (Å²) < 4.78 is 0. The summed E-state index contributed by atoms with van der Waals surface area (Å²) in [4.78, 5) is 4.54. The van der Waals surface area contributed by atoms with Crippen LogP contribution in [0.5, 0.6) is 0 Å². The molecule has 2 aromatic carbocycles. The minimum absolute atomic E-state index is 0. The molecule has 3 nitrogen and oxygen atoms in total. The predicted octanol–water partition coefficient (Wildman–Crippen LogP) is 3.84. The van der Waals surface area contributed by atoms with Crippen LogP contribution in [0.1, 0.15) is 18.1 Å². The van der Waals surface area contributed by atoms with E-state index in [9.17, 15) is 0 Å². The first-order valence-electron chi connectivity index (χ1n) is 7.33. The Hall–Kier alpha value is -1.56. The van der Waals surface area contributed by atoms with Gasteiger partial charge in [-0.2, -0.15) is 0 Å². The van der Waals surface area contributed by atoms with Gasteiger partial charge in [0.05, 0.1) is 0 Å².